The average molecular weight is 519 g/mol. The van der Waals surface area contributed by atoms with E-state index in [9.17, 15) is 44.3 Å². The van der Waals surface area contributed by atoms with E-state index in [1.165, 1.54) is 0 Å². The predicted molar refractivity (Wildman–Crippen MR) is 102 cm³/mol. The van der Waals surface area contributed by atoms with E-state index in [2.05, 4.69) is 4.74 Å². The average Bonchev–Trinajstić information content (AvgIpc) is 2.73. The number of morpholine rings is 1. The molecule has 0 radical (unpaired) electrons. The van der Waals surface area contributed by atoms with Crippen LogP contribution in [0.2, 0.25) is 0 Å². The molecule has 1 rings (SSSR count). The molecule has 34 heavy (non-hydrogen) atoms. The van der Waals surface area contributed by atoms with E-state index in [1.807, 2.05) is 6.92 Å². The highest BCUT2D eigenvalue weighted by Crippen LogP contribution is 2.53. The van der Waals surface area contributed by atoms with Gasteiger partial charge in [0.05, 0.1) is 19.8 Å². The number of carbonyl (C=O) groups excluding carboxylic acids is 1. The van der Waals surface area contributed by atoms with E-state index in [0.29, 0.717) is 32.7 Å². The van der Waals surface area contributed by atoms with Gasteiger partial charge >= 0.3 is 29.9 Å². The van der Waals surface area contributed by atoms with Crippen molar-refractivity contribution in [2.45, 2.75) is 75.5 Å². The lowest BCUT2D eigenvalue weighted by atomic mass is 10.0. The summed E-state index contributed by atoms with van der Waals surface area (Å²) in [6.07, 6.45) is -4.00. The van der Waals surface area contributed by atoms with Crippen LogP contribution in [0.5, 0.6) is 0 Å². The summed E-state index contributed by atoms with van der Waals surface area (Å²) in [7, 11) is 0. The Balaban J connectivity index is 2.72. The molecule has 1 aliphatic heterocycles. The fourth-order valence-electron chi connectivity index (χ4n) is 3.13. The fraction of sp³-hybridized carbons (Fsp3) is 0.950. The fourth-order valence-corrected chi connectivity index (χ4v) is 3.13. The van der Waals surface area contributed by atoms with Crippen LogP contribution in [0, 0.1) is 0 Å². The molecule has 0 spiro atoms. The summed E-state index contributed by atoms with van der Waals surface area (Å²) in [6, 6.07) is 0. The molecule has 0 saturated carbocycles. The van der Waals surface area contributed by atoms with E-state index in [0.717, 1.165) is 25.7 Å². The maximum absolute atomic E-state index is 13.7. The molecule has 1 saturated heterocycles. The van der Waals surface area contributed by atoms with E-state index < -0.39 is 49.2 Å². The third kappa shape index (κ3) is 8.74. The van der Waals surface area contributed by atoms with Crippen molar-refractivity contribution in [3.63, 3.8) is 0 Å². The zero-order valence-electron chi connectivity index (χ0n) is 18.8. The molecule has 0 aromatic heterocycles. The first kappa shape index (κ1) is 30.8. The van der Waals surface area contributed by atoms with Crippen LogP contribution in [0.15, 0.2) is 0 Å². The van der Waals surface area contributed by atoms with Gasteiger partial charge in [-0.25, -0.2) is 0 Å². The van der Waals surface area contributed by atoms with Crippen molar-refractivity contribution >= 4 is 5.97 Å². The highest BCUT2D eigenvalue weighted by molar-refractivity contribution is 5.69. The maximum Gasteiger partial charge on any atom is 0.460 e. The molecule has 0 amide bonds. The summed E-state index contributed by atoms with van der Waals surface area (Å²) in [5, 5.41) is 0. The topological polar surface area (TPSA) is 48.0 Å². The van der Waals surface area contributed by atoms with Gasteiger partial charge in [0, 0.05) is 26.1 Å². The Morgan fingerprint density at radius 2 is 1.50 bits per heavy atom. The number of ether oxygens (including phenoxy) is 3. The van der Waals surface area contributed by atoms with Crippen molar-refractivity contribution in [2.75, 3.05) is 46.1 Å². The Kier molecular flexibility index (Phi) is 11.9. The lowest BCUT2D eigenvalue weighted by molar-refractivity contribution is -0.400. The smallest absolute Gasteiger partial charge is 0.459 e. The Hall–Kier alpha value is -1.28. The van der Waals surface area contributed by atoms with Crippen LogP contribution in [0.25, 0.3) is 0 Å². The number of nitrogens with zero attached hydrogens (tertiary/aromatic N) is 1. The van der Waals surface area contributed by atoms with Crippen LogP contribution in [-0.4, -0.2) is 87.0 Å². The van der Waals surface area contributed by atoms with Gasteiger partial charge in [0.25, 0.3) is 0 Å². The van der Waals surface area contributed by atoms with Gasteiger partial charge in [-0.15, -0.1) is 0 Å². The highest BCUT2D eigenvalue weighted by Gasteiger charge is 2.81. The monoisotopic (exact) mass is 519 g/mol. The van der Waals surface area contributed by atoms with Crippen LogP contribution in [-0.2, 0) is 19.0 Å². The lowest BCUT2D eigenvalue weighted by Crippen LogP contribution is -2.62. The third-order valence-corrected chi connectivity index (χ3v) is 5.14. The van der Waals surface area contributed by atoms with E-state index >= 15 is 0 Å². The normalized spacial score (nSPS) is 17.6. The molecule has 1 atom stereocenters. The number of unbranched alkanes of at least 4 members (excludes halogenated alkanes) is 4. The number of halogens is 9. The molecule has 0 aromatic rings. The number of hydrogen-bond donors (Lipinski definition) is 0. The lowest BCUT2D eigenvalue weighted by Gasteiger charge is -2.34. The molecule has 202 valence electrons. The second-order valence-electron chi connectivity index (χ2n) is 8.06. The van der Waals surface area contributed by atoms with Gasteiger partial charge in [0.15, 0.2) is 0 Å². The second kappa shape index (κ2) is 13.1. The first-order valence-electron chi connectivity index (χ1n) is 10.9. The van der Waals surface area contributed by atoms with Crippen molar-refractivity contribution in [1.29, 1.82) is 0 Å². The quantitative estimate of drug-likeness (QED) is 0.172. The molecule has 1 unspecified atom stereocenters. The van der Waals surface area contributed by atoms with Gasteiger partial charge in [-0.3, -0.25) is 9.69 Å². The van der Waals surface area contributed by atoms with Crippen molar-refractivity contribution < 1.29 is 58.5 Å². The Morgan fingerprint density at radius 3 is 2.06 bits per heavy atom. The standard InChI is InChI=1S/C20H30F9NO4/c1-2-3-4-5-6-7-16(31)34-15(12-30-8-10-32-11-9-30)13-33-14-17(21,22)18(23,24)19(25,26)20(27,28)29/h15H,2-14H2,1H3. The summed E-state index contributed by atoms with van der Waals surface area (Å²) in [5.74, 6) is -20.3. The zero-order valence-corrected chi connectivity index (χ0v) is 18.8. The van der Waals surface area contributed by atoms with Crippen LogP contribution in [0.3, 0.4) is 0 Å². The molecule has 0 bridgehead atoms. The Labute approximate surface area is 191 Å². The zero-order chi connectivity index (χ0) is 26.0. The summed E-state index contributed by atoms with van der Waals surface area (Å²) in [6.45, 7) is 0.0571. The molecule has 0 aromatic carbocycles. The predicted octanol–water partition coefficient (Wildman–Crippen LogP) is 5.08. The van der Waals surface area contributed by atoms with Gasteiger partial charge in [-0.1, -0.05) is 32.6 Å². The number of hydrogen-bond acceptors (Lipinski definition) is 5. The molecule has 1 aliphatic rings. The number of carbonyl (C=O) groups is 1. The van der Waals surface area contributed by atoms with Crippen molar-refractivity contribution in [3.8, 4) is 0 Å². The van der Waals surface area contributed by atoms with Gasteiger partial charge in [0.1, 0.15) is 12.7 Å². The molecule has 1 fully saturated rings. The van der Waals surface area contributed by atoms with Crippen molar-refractivity contribution in [2.24, 2.45) is 0 Å². The van der Waals surface area contributed by atoms with Crippen LogP contribution in [0.1, 0.15) is 45.4 Å². The van der Waals surface area contributed by atoms with Gasteiger partial charge in [0.2, 0.25) is 0 Å². The summed E-state index contributed by atoms with van der Waals surface area (Å²) < 4.78 is 131. The largest absolute Gasteiger partial charge is 0.460 e. The first-order valence-corrected chi connectivity index (χ1v) is 10.9. The molecule has 5 nitrogen and oxygen atoms in total. The molecule has 0 aliphatic carbocycles. The molecular formula is C20H30F9NO4. The Bertz CT molecular complexity index is 611. The van der Waals surface area contributed by atoms with Crippen LogP contribution >= 0.6 is 0 Å². The SMILES string of the molecule is CCCCCCCC(=O)OC(COCC(F)(F)C(F)(F)C(F)(F)C(F)(F)F)CN1CCOCC1. The number of alkyl halides is 9. The second-order valence-corrected chi connectivity index (χ2v) is 8.06. The van der Waals surface area contributed by atoms with Gasteiger partial charge < -0.3 is 14.2 Å². The molecule has 14 heteroatoms. The molecule has 0 N–H and O–H groups in total. The highest BCUT2D eigenvalue weighted by atomic mass is 19.4. The summed E-state index contributed by atoms with van der Waals surface area (Å²) >= 11 is 0. The minimum Gasteiger partial charge on any atom is -0.459 e. The molecular weight excluding hydrogens is 489 g/mol. The van der Waals surface area contributed by atoms with Gasteiger partial charge in [-0.05, 0) is 6.42 Å². The van der Waals surface area contributed by atoms with Gasteiger partial charge in [-0.2, -0.15) is 39.5 Å². The van der Waals surface area contributed by atoms with Crippen molar-refractivity contribution in [1.82, 2.24) is 4.90 Å². The number of esters is 1. The molecule has 1 heterocycles. The van der Waals surface area contributed by atoms with E-state index in [1.54, 1.807) is 4.90 Å². The third-order valence-electron chi connectivity index (χ3n) is 5.14. The van der Waals surface area contributed by atoms with E-state index in [-0.39, 0.29) is 13.0 Å². The number of rotatable bonds is 15. The maximum atomic E-state index is 13.7. The minimum atomic E-state index is -6.98. The minimum absolute atomic E-state index is 0.00929. The first-order chi connectivity index (χ1) is 15.7. The van der Waals surface area contributed by atoms with E-state index in [4.69, 9.17) is 9.47 Å². The van der Waals surface area contributed by atoms with Crippen LogP contribution < -0.4 is 0 Å². The van der Waals surface area contributed by atoms with Crippen molar-refractivity contribution in [3.05, 3.63) is 0 Å². The Morgan fingerprint density at radius 1 is 0.912 bits per heavy atom. The summed E-state index contributed by atoms with van der Waals surface area (Å²) in [4.78, 5) is 13.8. The van der Waals surface area contributed by atoms with Crippen LogP contribution in [0.4, 0.5) is 39.5 Å². The summed E-state index contributed by atoms with van der Waals surface area (Å²) in [5.41, 5.74) is 0.